The molecule has 0 spiro atoms. The molecule has 0 amide bonds. The van der Waals surface area contributed by atoms with E-state index in [9.17, 15) is 0 Å². The maximum Gasteiger partial charge on any atom is 0.0479 e. The third-order valence-electron chi connectivity index (χ3n) is 1.44. The molecule has 2 heteroatoms. The van der Waals surface area contributed by atoms with E-state index >= 15 is 0 Å². The number of rotatable bonds is 0. The summed E-state index contributed by atoms with van der Waals surface area (Å²) in [5.74, 6) is 0. The van der Waals surface area contributed by atoms with Gasteiger partial charge in [0.2, 0.25) is 0 Å². The second kappa shape index (κ2) is 2.95. The number of fused-ring (bicyclic) bond motifs is 1. The van der Waals surface area contributed by atoms with E-state index in [-0.39, 0.29) is 11.1 Å². The van der Waals surface area contributed by atoms with E-state index in [1.54, 1.807) is 6.07 Å². The average molecular weight is 218 g/mol. The van der Waals surface area contributed by atoms with Crippen LogP contribution in [0.15, 0.2) is 22.7 Å². The lowest BCUT2D eigenvalue weighted by atomic mass is 10.0. The highest BCUT2D eigenvalue weighted by molar-refractivity contribution is 9.10. The highest BCUT2D eigenvalue weighted by Gasteiger charge is 2.07. The Kier molecular flexibility index (Phi) is 0.857. The van der Waals surface area contributed by atoms with E-state index in [2.05, 4.69) is 21.2 Å². The summed E-state index contributed by atoms with van der Waals surface area (Å²) in [6.07, 6.45) is -2.28. The van der Waals surface area contributed by atoms with Gasteiger partial charge < -0.3 is 5.32 Å². The molecule has 0 radical (unpaired) electrons. The second-order valence-corrected chi connectivity index (χ2v) is 3.11. The molecule has 0 aliphatic carbocycles. The van der Waals surface area contributed by atoms with Crippen LogP contribution in [0.5, 0.6) is 0 Å². The van der Waals surface area contributed by atoms with Crippen molar-refractivity contribution in [3.05, 3.63) is 33.8 Å². The van der Waals surface area contributed by atoms with Crippen molar-refractivity contribution in [2.24, 2.45) is 0 Å². The van der Waals surface area contributed by atoms with E-state index in [4.69, 9.17) is 8.22 Å². The standard InChI is InChI=1S/C9H10BrN/c10-9-2-1-7-3-4-11-6-8(7)5-9/h1-2,5,11H,3-4,6H2/i3D2,4D2,6D2. The van der Waals surface area contributed by atoms with Crippen LogP contribution in [0.4, 0.5) is 0 Å². The molecular weight excluding hydrogens is 202 g/mol. The molecule has 1 aliphatic heterocycles. The normalized spacial score (nSPS) is 37.9. The Labute approximate surface area is 83.4 Å². The van der Waals surface area contributed by atoms with Crippen LogP contribution < -0.4 is 5.32 Å². The van der Waals surface area contributed by atoms with Gasteiger partial charge in [0.25, 0.3) is 0 Å². The Morgan fingerprint density at radius 2 is 2.36 bits per heavy atom. The zero-order valence-corrected chi connectivity index (χ0v) is 7.20. The van der Waals surface area contributed by atoms with Gasteiger partial charge in [-0.15, -0.1) is 0 Å². The van der Waals surface area contributed by atoms with Crippen molar-refractivity contribution in [3.63, 3.8) is 0 Å². The van der Waals surface area contributed by atoms with Crippen LogP contribution in [-0.4, -0.2) is 6.50 Å². The summed E-state index contributed by atoms with van der Waals surface area (Å²) < 4.78 is 47.0. The molecule has 1 N–H and O–H groups in total. The fourth-order valence-corrected chi connectivity index (χ4v) is 1.29. The van der Waals surface area contributed by atoms with Crippen LogP contribution in [0.1, 0.15) is 19.4 Å². The Morgan fingerprint density at radius 1 is 1.45 bits per heavy atom. The van der Waals surface area contributed by atoms with Crippen molar-refractivity contribution in [1.29, 1.82) is 0 Å². The molecule has 0 bridgehead atoms. The Hall–Kier alpha value is -0.340. The fraction of sp³-hybridized carbons (Fsp3) is 0.333. The second-order valence-electron chi connectivity index (χ2n) is 2.19. The highest BCUT2D eigenvalue weighted by atomic mass is 79.9. The minimum absolute atomic E-state index is 0.0365. The van der Waals surface area contributed by atoms with Gasteiger partial charge in [-0.05, 0) is 36.1 Å². The number of aryl methyl sites for hydroxylation is 1. The Balaban J connectivity index is 2.73. The molecule has 2 rings (SSSR count). The van der Waals surface area contributed by atoms with Gasteiger partial charge >= 0.3 is 0 Å². The molecule has 0 saturated carbocycles. The maximum absolute atomic E-state index is 7.81. The molecule has 0 atom stereocenters. The SMILES string of the molecule is [2H]C1([2H])NC([2H])([2H])C([2H])([2H])c2ccc(Br)cc21. The Bertz CT molecular complexity index is 473. The summed E-state index contributed by atoms with van der Waals surface area (Å²) in [5, 5.41) is 2.08. The summed E-state index contributed by atoms with van der Waals surface area (Å²) in [4.78, 5) is 0. The predicted molar refractivity (Wildman–Crippen MR) is 49.6 cm³/mol. The van der Waals surface area contributed by atoms with Crippen molar-refractivity contribution < 1.29 is 8.22 Å². The predicted octanol–water partition coefficient (Wildman–Crippen LogP) is 2.09. The van der Waals surface area contributed by atoms with Crippen molar-refractivity contribution in [1.82, 2.24) is 5.32 Å². The third-order valence-corrected chi connectivity index (χ3v) is 1.93. The zero-order valence-electron chi connectivity index (χ0n) is 11.6. The first kappa shape index (κ1) is 3.19. The number of nitrogens with one attached hydrogen (secondary N) is 1. The molecule has 1 nitrogen and oxygen atoms in total. The van der Waals surface area contributed by atoms with Crippen LogP contribution in [-0.2, 0) is 12.9 Å². The summed E-state index contributed by atoms with van der Waals surface area (Å²) >= 11 is 3.20. The first-order valence-corrected chi connectivity index (χ1v) is 3.97. The highest BCUT2D eigenvalue weighted by Crippen LogP contribution is 2.18. The lowest BCUT2D eigenvalue weighted by Crippen LogP contribution is -2.23. The van der Waals surface area contributed by atoms with Crippen LogP contribution in [0.3, 0.4) is 0 Å². The van der Waals surface area contributed by atoms with Gasteiger partial charge in [-0.3, -0.25) is 0 Å². The molecule has 1 aromatic carbocycles. The summed E-state index contributed by atoms with van der Waals surface area (Å²) in [6, 6.07) is 4.46. The van der Waals surface area contributed by atoms with Gasteiger partial charge in [-0.25, -0.2) is 0 Å². The van der Waals surface area contributed by atoms with Crippen LogP contribution in [0, 0.1) is 0 Å². The van der Waals surface area contributed by atoms with Crippen LogP contribution in [0.2, 0.25) is 0 Å². The molecule has 1 heterocycles. The van der Waals surface area contributed by atoms with Gasteiger partial charge in [-0.2, -0.15) is 0 Å². The summed E-state index contributed by atoms with van der Waals surface area (Å²) in [5.41, 5.74) is 0.154. The van der Waals surface area contributed by atoms with Crippen molar-refractivity contribution >= 4 is 15.9 Å². The van der Waals surface area contributed by atoms with Gasteiger partial charge in [0, 0.05) is 19.2 Å². The van der Waals surface area contributed by atoms with Crippen LogP contribution in [0.25, 0.3) is 0 Å². The van der Waals surface area contributed by atoms with E-state index in [1.165, 1.54) is 12.1 Å². The molecule has 0 fully saturated rings. The minimum atomic E-state index is -2.46. The van der Waals surface area contributed by atoms with Gasteiger partial charge in [-0.1, -0.05) is 22.0 Å². The number of hydrogen-bond donors (Lipinski definition) is 1. The quantitative estimate of drug-likeness (QED) is 0.703. The Morgan fingerprint density at radius 3 is 3.27 bits per heavy atom. The van der Waals surface area contributed by atoms with Gasteiger partial charge in [0.05, 0.1) is 0 Å². The number of hydrogen-bond acceptors (Lipinski definition) is 1. The minimum Gasteiger partial charge on any atom is -0.312 e. The topological polar surface area (TPSA) is 12.0 Å². The molecule has 0 saturated heterocycles. The van der Waals surface area contributed by atoms with E-state index in [0.29, 0.717) is 4.47 Å². The first-order chi connectivity index (χ1) is 7.58. The number of halogens is 1. The largest absolute Gasteiger partial charge is 0.312 e. The molecule has 11 heavy (non-hydrogen) atoms. The average Bonchev–Trinajstić information content (AvgIpc) is 2.13. The van der Waals surface area contributed by atoms with Crippen molar-refractivity contribution in [3.8, 4) is 0 Å². The smallest absolute Gasteiger partial charge is 0.0479 e. The molecule has 0 aromatic heterocycles. The first-order valence-electron chi connectivity index (χ1n) is 6.18. The van der Waals surface area contributed by atoms with E-state index in [1.807, 2.05) is 0 Å². The van der Waals surface area contributed by atoms with Crippen molar-refractivity contribution in [2.45, 2.75) is 12.9 Å². The zero-order chi connectivity index (χ0) is 13.1. The molecule has 1 aliphatic rings. The van der Waals surface area contributed by atoms with E-state index < -0.39 is 19.4 Å². The van der Waals surface area contributed by atoms with E-state index in [0.717, 1.165) is 0 Å². The maximum atomic E-state index is 7.81. The number of benzene rings is 1. The lowest BCUT2D eigenvalue weighted by molar-refractivity contribution is 0.643. The van der Waals surface area contributed by atoms with Crippen molar-refractivity contribution in [2.75, 3.05) is 6.50 Å². The molecule has 58 valence electrons. The van der Waals surface area contributed by atoms with Gasteiger partial charge in [0.15, 0.2) is 0 Å². The fourth-order valence-electron chi connectivity index (χ4n) is 0.926. The third kappa shape index (κ3) is 1.47. The summed E-state index contributed by atoms with van der Waals surface area (Å²) in [6.45, 7) is -4.56. The summed E-state index contributed by atoms with van der Waals surface area (Å²) in [7, 11) is 0. The molecular formula is C9H10BrN. The van der Waals surface area contributed by atoms with Gasteiger partial charge in [0.1, 0.15) is 0 Å². The lowest BCUT2D eigenvalue weighted by Gasteiger charge is -2.16. The van der Waals surface area contributed by atoms with Crippen LogP contribution >= 0.6 is 15.9 Å². The molecule has 0 unspecified atom stereocenters. The molecule has 1 aromatic rings. The monoisotopic (exact) mass is 217 g/mol.